The van der Waals surface area contributed by atoms with Crippen LogP contribution in [0.25, 0.3) is 0 Å². The molecule has 0 saturated carbocycles. The maximum atomic E-state index is 12.1. The van der Waals surface area contributed by atoms with Gasteiger partial charge in [0.25, 0.3) is 5.91 Å². The van der Waals surface area contributed by atoms with E-state index in [0.717, 1.165) is 10.0 Å². The van der Waals surface area contributed by atoms with Gasteiger partial charge in [0.05, 0.1) is 6.21 Å². The molecule has 0 radical (unpaired) electrons. The van der Waals surface area contributed by atoms with Crippen molar-refractivity contribution in [1.82, 2.24) is 5.43 Å². The van der Waals surface area contributed by atoms with Gasteiger partial charge in [-0.25, -0.2) is 5.43 Å². The van der Waals surface area contributed by atoms with E-state index in [1.807, 2.05) is 0 Å². The summed E-state index contributed by atoms with van der Waals surface area (Å²) in [6.07, 6.45) is 0.784. The third-order valence-electron chi connectivity index (χ3n) is 3.35. The summed E-state index contributed by atoms with van der Waals surface area (Å²) in [6, 6.07) is 10.4. The Morgan fingerprint density at radius 1 is 1.36 bits per heavy atom. The second kappa shape index (κ2) is 7.76. The molecule has 6 nitrogen and oxygen atoms in total. The SMILES string of the molecule is CC(Oc1cccc(Cl)c1)C(=O)N/N=C/c1cc2c(cc1Br)OCO2. The molecular formula is C17H14BrClN2O4. The van der Waals surface area contributed by atoms with Gasteiger partial charge in [-0.05, 0) is 53.2 Å². The summed E-state index contributed by atoms with van der Waals surface area (Å²) in [5.74, 6) is 1.43. The van der Waals surface area contributed by atoms with Crippen LogP contribution in [0.2, 0.25) is 5.02 Å². The molecule has 8 heteroatoms. The van der Waals surface area contributed by atoms with Gasteiger partial charge < -0.3 is 14.2 Å². The van der Waals surface area contributed by atoms with Crippen molar-refractivity contribution in [2.75, 3.05) is 6.79 Å². The maximum absolute atomic E-state index is 12.1. The first-order chi connectivity index (χ1) is 12.0. The Hall–Kier alpha value is -2.25. The number of amides is 1. The fourth-order valence-electron chi connectivity index (χ4n) is 2.09. The zero-order valence-corrected chi connectivity index (χ0v) is 15.5. The smallest absolute Gasteiger partial charge is 0.280 e. The maximum Gasteiger partial charge on any atom is 0.280 e. The molecule has 1 atom stereocenters. The second-order valence-electron chi connectivity index (χ2n) is 5.18. The summed E-state index contributed by atoms with van der Waals surface area (Å²) in [7, 11) is 0. The molecule has 0 aliphatic carbocycles. The van der Waals surface area contributed by atoms with Crippen molar-refractivity contribution in [3.05, 3.63) is 51.5 Å². The van der Waals surface area contributed by atoms with E-state index in [0.29, 0.717) is 22.3 Å². The predicted octanol–water partition coefficient (Wildman–Crippen LogP) is 3.75. The number of hydrogen-bond donors (Lipinski definition) is 1. The number of hydrazone groups is 1. The minimum absolute atomic E-state index is 0.192. The van der Waals surface area contributed by atoms with Crippen LogP contribution >= 0.6 is 27.5 Å². The molecule has 1 amide bonds. The van der Waals surface area contributed by atoms with Gasteiger partial charge in [0, 0.05) is 15.1 Å². The van der Waals surface area contributed by atoms with E-state index in [1.165, 1.54) is 6.21 Å². The Labute approximate surface area is 157 Å². The number of nitrogens with one attached hydrogen (secondary N) is 1. The Bertz CT molecular complexity index is 828. The molecule has 0 bridgehead atoms. The minimum atomic E-state index is -0.726. The van der Waals surface area contributed by atoms with E-state index >= 15 is 0 Å². The molecule has 0 fully saturated rings. The first-order valence-corrected chi connectivity index (χ1v) is 8.54. The molecule has 1 unspecified atom stereocenters. The average Bonchev–Trinajstić information content (AvgIpc) is 3.02. The molecule has 0 aromatic heterocycles. The molecule has 0 spiro atoms. The second-order valence-corrected chi connectivity index (χ2v) is 6.47. The molecule has 3 rings (SSSR count). The van der Waals surface area contributed by atoms with Crippen LogP contribution in [0.15, 0.2) is 46.0 Å². The van der Waals surface area contributed by atoms with Crippen LogP contribution in [-0.2, 0) is 4.79 Å². The first-order valence-electron chi connectivity index (χ1n) is 7.37. The summed E-state index contributed by atoms with van der Waals surface area (Å²) in [6.45, 7) is 1.82. The summed E-state index contributed by atoms with van der Waals surface area (Å²) in [5, 5.41) is 4.49. The molecular weight excluding hydrogens is 412 g/mol. The number of carbonyl (C=O) groups excluding carboxylic acids is 1. The van der Waals surface area contributed by atoms with E-state index < -0.39 is 6.10 Å². The van der Waals surface area contributed by atoms with Crippen LogP contribution in [0.1, 0.15) is 12.5 Å². The quantitative estimate of drug-likeness (QED) is 0.585. The van der Waals surface area contributed by atoms with E-state index in [1.54, 1.807) is 43.3 Å². The third kappa shape index (κ3) is 4.43. The normalized spacial score (nSPS) is 13.7. The van der Waals surface area contributed by atoms with Crippen molar-refractivity contribution in [2.24, 2.45) is 5.10 Å². The lowest BCUT2D eigenvalue weighted by molar-refractivity contribution is -0.127. The summed E-state index contributed by atoms with van der Waals surface area (Å²) in [5.41, 5.74) is 3.18. The van der Waals surface area contributed by atoms with Gasteiger partial charge in [-0.3, -0.25) is 4.79 Å². The van der Waals surface area contributed by atoms with Gasteiger partial charge in [0.2, 0.25) is 6.79 Å². The van der Waals surface area contributed by atoms with Gasteiger partial charge in [-0.2, -0.15) is 5.10 Å². The number of hydrogen-bond acceptors (Lipinski definition) is 5. The lowest BCUT2D eigenvalue weighted by Crippen LogP contribution is -2.33. The number of nitrogens with zero attached hydrogens (tertiary/aromatic N) is 1. The Kier molecular flexibility index (Phi) is 5.45. The van der Waals surface area contributed by atoms with E-state index in [2.05, 4.69) is 26.5 Å². The molecule has 2 aromatic carbocycles. The molecule has 25 heavy (non-hydrogen) atoms. The summed E-state index contributed by atoms with van der Waals surface area (Å²) in [4.78, 5) is 12.1. The van der Waals surface area contributed by atoms with E-state index in [4.69, 9.17) is 25.8 Å². The van der Waals surface area contributed by atoms with Crippen LogP contribution in [0.3, 0.4) is 0 Å². The third-order valence-corrected chi connectivity index (χ3v) is 4.27. The molecule has 1 heterocycles. The highest BCUT2D eigenvalue weighted by atomic mass is 79.9. The molecule has 2 aromatic rings. The number of benzene rings is 2. The molecule has 1 aliphatic rings. The fraction of sp³-hybridized carbons (Fsp3) is 0.176. The average molecular weight is 426 g/mol. The van der Waals surface area contributed by atoms with Crippen LogP contribution < -0.4 is 19.6 Å². The number of rotatable bonds is 5. The highest BCUT2D eigenvalue weighted by molar-refractivity contribution is 9.10. The van der Waals surface area contributed by atoms with Crippen molar-refractivity contribution in [3.8, 4) is 17.2 Å². The molecule has 1 N–H and O–H groups in total. The highest BCUT2D eigenvalue weighted by Gasteiger charge is 2.16. The van der Waals surface area contributed by atoms with Gasteiger partial charge in [-0.1, -0.05) is 17.7 Å². The molecule has 0 saturated heterocycles. The zero-order valence-electron chi connectivity index (χ0n) is 13.2. The number of ether oxygens (including phenoxy) is 3. The molecule has 130 valence electrons. The van der Waals surface area contributed by atoms with Gasteiger partial charge in [0.15, 0.2) is 17.6 Å². The topological polar surface area (TPSA) is 69.2 Å². The molecule has 1 aliphatic heterocycles. The monoisotopic (exact) mass is 424 g/mol. The lowest BCUT2D eigenvalue weighted by atomic mass is 10.2. The van der Waals surface area contributed by atoms with Crippen molar-refractivity contribution < 1.29 is 19.0 Å². The Morgan fingerprint density at radius 2 is 2.12 bits per heavy atom. The van der Waals surface area contributed by atoms with Crippen LogP contribution in [0, 0.1) is 0 Å². The summed E-state index contributed by atoms with van der Waals surface area (Å²) < 4.78 is 16.9. The van der Waals surface area contributed by atoms with Crippen molar-refractivity contribution in [3.63, 3.8) is 0 Å². The lowest BCUT2D eigenvalue weighted by Gasteiger charge is -2.13. The van der Waals surface area contributed by atoms with Crippen molar-refractivity contribution >= 4 is 39.7 Å². The Balaban J connectivity index is 1.59. The standard InChI is InChI=1S/C17H14BrClN2O4/c1-10(25-13-4-2-3-12(19)6-13)17(22)21-20-8-11-5-15-16(7-14(11)18)24-9-23-15/h2-8,10H,9H2,1H3,(H,21,22)/b20-8+. The largest absolute Gasteiger partial charge is 0.481 e. The number of halogens is 2. The van der Waals surface area contributed by atoms with Crippen molar-refractivity contribution in [1.29, 1.82) is 0 Å². The van der Waals surface area contributed by atoms with Gasteiger partial charge >= 0.3 is 0 Å². The fourth-order valence-corrected chi connectivity index (χ4v) is 2.69. The van der Waals surface area contributed by atoms with Crippen molar-refractivity contribution in [2.45, 2.75) is 13.0 Å². The summed E-state index contributed by atoms with van der Waals surface area (Å²) >= 11 is 9.31. The number of carbonyl (C=O) groups is 1. The van der Waals surface area contributed by atoms with E-state index in [-0.39, 0.29) is 12.7 Å². The zero-order chi connectivity index (χ0) is 17.8. The van der Waals surface area contributed by atoms with Crippen LogP contribution in [-0.4, -0.2) is 25.0 Å². The predicted molar refractivity (Wildman–Crippen MR) is 97.5 cm³/mol. The van der Waals surface area contributed by atoms with E-state index in [9.17, 15) is 4.79 Å². The van der Waals surface area contributed by atoms with Gasteiger partial charge in [-0.15, -0.1) is 0 Å². The van der Waals surface area contributed by atoms with Crippen LogP contribution in [0.4, 0.5) is 0 Å². The van der Waals surface area contributed by atoms with Crippen LogP contribution in [0.5, 0.6) is 17.2 Å². The Morgan fingerprint density at radius 3 is 2.88 bits per heavy atom. The minimum Gasteiger partial charge on any atom is -0.481 e. The highest BCUT2D eigenvalue weighted by Crippen LogP contribution is 2.36. The first kappa shape index (κ1) is 17.6. The number of fused-ring (bicyclic) bond motifs is 1. The van der Waals surface area contributed by atoms with Gasteiger partial charge in [0.1, 0.15) is 5.75 Å².